The molecule has 7 heteroatoms. The van der Waals surface area contributed by atoms with E-state index in [1.807, 2.05) is 0 Å². The quantitative estimate of drug-likeness (QED) is 0.843. The molecule has 16 heavy (non-hydrogen) atoms. The number of aromatic nitrogens is 2. The van der Waals surface area contributed by atoms with Gasteiger partial charge in [-0.25, -0.2) is 9.18 Å². The van der Waals surface area contributed by atoms with Gasteiger partial charge in [0.2, 0.25) is 5.13 Å². The summed E-state index contributed by atoms with van der Waals surface area (Å²) in [5.41, 5.74) is 1.87. The molecule has 2 amide bonds. The van der Waals surface area contributed by atoms with Crippen molar-refractivity contribution in [3.05, 3.63) is 35.6 Å². The SMILES string of the molecule is O=C(Nc1cccc(F)c1)Nc1nncs1. The van der Waals surface area contributed by atoms with Gasteiger partial charge in [-0.2, -0.15) is 0 Å². The maximum absolute atomic E-state index is 12.8. The fraction of sp³-hybridized carbons (Fsp3) is 0. The summed E-state index contributed by atoms with van der Waals surface area (Å²) in [6.07, 6.45) is 0. The van der Waals surface area contributed by atoms with Crippen LogP contribution in [0.2, 0.25) is 0 Å². The van der Waals surface area contributed by atoms with Crippen LogP contribution in [0.3, 0.4) is 0 Å². The molecule has 2 aromatic rings. The van der Waals surface area contributed by atoms with E-state index in [0.29, 0.717) is 10.8 Å². The molecule has 82 valence electrons. The van der Waals surface area contributed by atoms with Gasteiger partial charge < -0.3 is 5.32 Å². The molecule has 2 N–H and O–H groups in total. The van der Waals surface area contributed by atoms with Crippen LogP contribution in [0, 0.1) is 5.82 Å². The Morgan fingerprint density at radius 2 is 2.25 bits per heavy atom. The van der Waals surface area contributed by atoms with E-state index in [-0.39, 0.29) is 0 Å². The number of amides is 2. The first-order valence-corrected chi connectivity index (χ1v) is 5.22. The van der Waals surface area contributed by atoms with E-state index < -0.39 is 11.8 Å². The predicted molar refractivity (Wildman–Crippen MR) is 59.0 cm³/mol. The topological polar surface area (TPSA) is 66.9 Å². The van der Waals surface area contributed by atoms with E-state index in [2.05, 4.69) is 20.8 Å². The Balaban J connectivity index is 1.97. The average Bonchev–Trinajstić information content (AvgIpc) is 2.70. The molecule has 1 aromatic carbocycles. The van der Waals surface area contributed by atoms with Gasteiger partial charge >= 0.3 is 6.03 Å². The standard InChI is InChI=1S/C9H7FN4OS/c10-6-2-1-3-7(4-6)12-8(15)13-9-14-11-5-16-9/h1-5H,(H2,12,13,14,15). The molecule has 5 nitrogen and oxygen atoms in total. The molecule has 0 spiro atoms. The van der Waals surface area contributed by atoms with E-state index in [0.717, 1.165) is 0 Å². The second-order valence-electron chi connectivity index (χ2n) is 2.83. The second kappa shape index (κ2) is 4.67. The molecule has 0 fully saturated rings. The third kappa shape index (κ3) is 2.74. The van der Waals surface area contributed by atoms with Crippen LogP contribution >= 0.6 is 11.3 Å². The highest BCUT2D eigenvalue weighted by Gasteiger charge is 2.04. The summed E-state index contributed by atoms with van der Waals surface area (Å²) in [4.78, 5) is 11.4. The molecule has 0 aliphatic carbocycles. The zero-order chi connectivity index (χ0) is 11.4. The van der Waals surface area contributed by atoms with Crippen molar-refractivity contribution in [3.8, 4) is 0 Å². The van der Waals surface area contributed by atoms with Crippen molar-refractivity contribution in [2.45, 2.75) is 0 Å². The number of nitrogens with one attached hydrogen (secondary N) is 2. The van der Waals surface area contributed by atoms with Crippen molar-refractivity contribution in [2.24, 2.45) is 0 Å². The Bertz CT molecular complexity index is 488. The van der Waals surface area contributed by atoms with Gasteiger partial charge in [-0.15, -0.1) is 10.2 Å². The summed E-state index contributed by atoms with van der Waals surface area (Å²) in [5.74, 6) is -0.409. The summed E-state index contributed by atoms with van der Waals surface area (Å²) in [7, 11) is 0. The van der Waals surface area contributed by atoms with Crippen LogP contribution in [0.5, 0.6) is 0 Å². The molecule has 1 aromatic heterocycles. The molecule has 2 rings (SSSR count). The first-order valence-electron chi connectivity index (χ1n) is 4.34. The molecule has 0 saturated carbocycles. The molecule has 0 bridgehead atoms. The Labute approximate surface area is 94.3 Å². The first-order chi connectivity index (χ1) is 7.74. The lowest BCUT2D eigenvalue weighted by Gasteiger charge is -2.04. The number of urea groups is 1. The summed E-state index contributed by atoms with van der Waals surface area (Å²) >= 11 is 1.20. The van der Waals surface area contributed by atoms with Gasteiger partial charge in [-0.3, -0.25) is 5.32 Å². The number of nitrogens with zero attached hydrogens (tertiary/aromatic N) is 2. The fourth-order valence-corrected chi connectivity index (χ4v) is 1.49. The minimum atomic E-state index is -0.484. The molecule has 0 aliphatic heterocycles. The first kappa shape index (κ1) is 10.5. The summed E-state index contributed by atoms with van der Waals surface area (Å²) in [6.45, 7) is 0. The van der Waals surface area contributed by atoms with Crippen LogP contribution in [0.4, 0.5) is 20.0 Å². The van der Waals surface area contributed by atoms with Crippen LogP contribution in [0.1, 0.15) is 0 Å². The third-order valence-corrected chi connectivity index (χ3v) is 2.27. The number of carbonyl (C=O) groups excluding carboxylic acids is 1. The molecular formula is C9H7FN4OS. The smallest absolute Gasteiger partial charge is 0.308 e. The summed E-state index contributed by atoms with van der Waals surface area (Å²) < 4.78 is 12.8. The van der Waals surface area contributed by atoms with Gasteiger partial charge in [0.05, 0.1) is 0 Å². The molecule has 0 atom stereocenters. The van der Waals surface area contributed by atoms with Crippen molar-refractivity contribution in [2.75, 3.05) is 10.6 Å². The molecule has 1 heterocycles. The van der Waals surface area contributed by atoms with Gasteiger partial charge in [-0.1, -0.05) is 17.4 Å². The molecule has 0 aliphatic rings. The summed E-state index contributed by atoms with van der Waals surface area (Å²) in [6, 6.07) is 5.13. The number of hydrogen-bond donors (Lipinski definition) is 2. The lowest BCUT2D eigenvalue weighted by atomic mass is 10.3. The maximum atomic E-state index is 12.8. The predicted octanol–water partition coefficient (Wildman–Crippen LogP) is 2.32. The number of rotatable bonds is 2. The van der Waals surface area contributed by atoms with E-state index in [1.165, 1.54) is 35.0 Å². The Morgan fingerprint density at radius 3 is 2.94 bits per heavy atom. The van der Waals surface area contributed by atoms with Gasteiger partial charge in [-0.05, 0) is 18.2 Å². The minimum absolute atomic E-state index is 0.377. The zero-order valence-corrected chi connectivity index (χ0v) is 8.79. The molecular weight excluding hydrogens is 231 g/mol. The highest BCUT2D eigenvalue weighted by atomic mass is 32.1. The monoisotopic (exact) mass is 238 g/mol. The van der Waals surface area contributed by atoms with E-state index in [9.17, 15) is 9.18 Å². The van der Waals surface area contributed by atoms with Gasteiger partial charge in [0.1, 0.15) is 11.3 Å². The summed E-state index contributed by atoms with van der Waals surface area (Å²) in [5, 5.41) is 12.5. The van der Waals surface area contributed by atoms with Crippen LogP contribution in [-0.2, 0) is 0 Å². The maximum Gasteiger partial charge on any atom is 0.325 e. The molecule has 0 radical (unpaired) electrons. The van der Waals surface area contributed by atoms with Crippen molar-refractivity contribution in [1.82, 2.24) is 10.2 Å². The minimum Gasteiger partial charge on any atom is -0.308 e. The zero-order valence-electron chi connectivity index (χ0n) is 7.98. The number of halogens is 1. The number of hydrogen-bond acceptors (Lipinski definition) is 4. The van der Waals surface area contributed by atoms with Gasteiger partial charge in [0.25, 0.3) is 0 Å². The van der Waals surface area contributed by atoms with Crippen LogP contribution in [0.25, 0.3) is 0 Å². The van der Waals surface area contributed by atoms with Crippen LogP contribution < -0.4 is 10.6 Å². The highest BCUT2D eigenvalue weighted by molar-refractivity contribution is 7.13. The number of benzene rings is 1. The van der Waals surface area contributed by atoms with Crippen LogP contribution in [-0.4, -0.2) is 16.2 Å². The van der Waals surface area contributed by atoms with E-state index in [1.54, 1.807) is 6.07 Å². The van der Waals surface area contributed by atoms with Crippen molar-refractivity contribution in [3.63, 3.8) is 0 Å². The Hall–Kier alpha value is -2.02. The largest absolute Gasteiger partial charge is 0.325 e. The average molecular weight is 238 g/mol. The number of carbonyl (C=O) groups is 1. The Morgan fingerprint density at radius 1 is 1.38 bits per heavy atom. The third-order valence-electron chi connectivity index (χ3n) is 1.66. The lowest BCUT2D eigenvalue weighted by Crippen LogP contribution is -2.19. The number of anilines is 2. The Kier molecular flexibility index (Phi) is 3.06. The highest BCUT2D eigenvalue weighted by Crippen LogP contribution is 2.11. The van der Waals surface area contributed by atoms with Gasteiger partial charge in [0.15, 0.2) is 0 Å². The lowest BCUT2D eigenvalue weighted by molar-refractivity contribution is 0.262. The van der Waals surface area contributed by atoms with Crippen molar-refractivity contribution in [1.29, 1.82) is 0 Å². The molecule has 0 saturated heterocycles. The van der Waals surface area contributed by atoms with Crippen molar-refractivity contribution >= 4 is 28.2 Å². The van der Waals surface area contributed by atoms with Crippen LogP contribution in [0.15, 0.2) is 29.8 Å². The van der Waals surface area contributed by atoms with Gasteiger partial charge in [0, 0.05) is 5.69 Å². The molecule has 0 unspecified atom stereocenters. The van der Waals surface area contributed by atoms with E-state index in [4.69, 9.17) is 0 Å². The fourth-order valence-electron chi connectivity index (χ4n) is 1.05. The normalized spacial score (nSPS) is 9.81. The van der Waals surface area contributed by atoms with Crippen molar-refractivity contribution < 1.29 is 9.18 Å². The second-order valence-corrected chi connectivity index (χ2v) is 3.67. The van der Waals surface area contributed by atoms with E-state index >= 15 is 0 Å².